The summed E-state index contributed by atoms with van der Waals surface area (Å²) in [5.74, 6) is 0. The van der Waals surface area contributed by atoms with Gasteiger partial charge in [-0.3, -0.25) is 9.97 Å². The predicted molar refractivity (Wildman–Crippen MR) is 293 cm³/mol. The largest absolute Gasteiger partial charge is 0.310 e. The van der Waals surface area contributed by atoms with E-state index in [9.17, 15) is 0 Å². The molecule has 71 heavy (non-hydrogen) atoms. The van der Waals surface area contributed by atoms with E-state index in [0.717, 1.165) is 73.4 Å². The van der Waals surface area contributed by atoms with Gasteiger partial charge in [0, 0.05) is 46.0 Å². The fourth-order valence-corrected chi connectivity index (χ4v) is 11.8. The predicted octanol–water partition coefficient (Wildman–Crippen LogP) is 17.4. The summed E-state index contributed by atoms with van der Waals surface area (Å²) in [6.45, 7) is 0. The zero-order chi connectivity index (χ0) is 47.1. The quantitative estimate of drug-likeness (QED) is 0.144. The first-order chi connectivity index (χ1) is 35.2. The van der Waals surface area contributed by atoms with Crippen molar-refractivity contribution in [2.75, 3.05) is 14.7 Å². The molecule has 9 aromatic carbocycles. The minimum Gasteiger partial charge on any atom is -0.310 e. The minimum absolute atomic E-state index is 0.603. The highest BCUT2D eigenvalue weighted by Gasteiger charge is 2.46. The number of nitrogens with zero attached hydrogens (tertiary/aromatic N) is 5. The van der Waals surface area contributed by atoms with Gasteiger partial charge in [-0.2, -0.15) is 0 Å². The molecule has 4 heterocycles. The first-order valence-electron chi connectivity index (χ1n) is 23.9. The number of para-hydroxylation sites is 4. The summed E-state index contributed by atoms with van der Waals surface area (Å²) < 4.78 is 0. The Morgan fingerprint density at radius 1 is 0.324 bits per heavy atom. The van der Waals surface area contributed by atoms with Crippen molar-refractivity contribution in [2.45, 2.75) is 15.2 Å². The van der Waals surface area contributed by atoms with Crippen LogP contribution in [0.4, 0.5) is 51.2 Å². The molecule has 0 unspecified atom stereocenters. The number of aromatic nitrogens is 2. The number of hydrogen-bond acceptors (Lipinski definition) is 6. The van der Waals surface area contributed by atoms with E-state index in [1.54, 1.807) is 0 Å². The molecule has 6 heteroatoms. The lowest BCUT2D eigenvalue weighted by atomic mass is 9.62. The van der Waals surface area contributed by atoms with E-state index in [2.05, 4.69) is 273 Å². The van der Waals surface area contributed by atoms with Gasteiger partial charge in [0.15, 0.2) is 0 Å². The third-order valence-corrected chi connectivity index (χ3v) is 15.0. The monoisotopic (exact) mass is 927 g/mol. The van der Waals surface area contributed by atoms with Crippen molar-refractivity contribution in [1.82, 2.24) is 9.97 Å². The Kier molecular flexibility index (Phi) is 10.6. The van der Waals surface area contributed by atoms with E-state index in [0.29, 0.717) is 0 Å². The van der Waals surface area contributed by atoms with Gasteiger partial charge >= 0.3 is 0 Å². The summed E-state index contributed by atoms with van der Waals surface area (Å²) in [5.41, 5.74) is 18.4. The van der Waals surface area contributed by atoms with Crippen molar-refractivity contribution in [2.24, 2.45) is 0 Å². The second-order valence-electron chi connectivity index (χ2n) is 17.8. The number of hydrogen-bond donors (Lipinski definition) is 0. The maximum absolute atomic E-state index is 4.29. The van der Waals surface area contributed by atoms with Gasteiger partial charge in [0.2, 0.25) is 0 Å². The van der Waals surface area contributed by atoms with Gasteiger partial charge in [0.1, 0.15) is 0 Å². The fraction of sp³-hybridized carbons (Fsp3) is 0.0154. The molecule has 0 amide bonds. The average Bonchev–Trinajstić information content (AvgIpc) is 3.45. The average molecular weight is 928 g/mol. The number of fused-ring (bicyclic) bond motifs is 4. The van der Waals surface area contributed by atoms with Gasteiger partial charge < -0.3 is 14.7 Å². The van der Waals surface area contributed by atoms with Crippen LogP contribution >= 0.6 is 11.8 Å². The van der Waals surface area contributed by atoms with Crippen molar-refractivity contribution in [3.63, 3.8) is 0 Å². The third-order valence-electron chi connectivity index (χ3n) is 13.9. The normalized spacial score (nSPS) is 13.1. The van der Waals surface area contributed by atoms with Crippen LogP contribution < -0.4 is 14.7 Å². The third kappa shape index (κ3) is 7.27. The van der Waals surface area contributed by atoms with Crippen molar-refractivity contribution >= 4 is 62.9 Å². The highest BCUT2D eigenvalue weighted by atomic mass is 32.2. The van der Waals surface area contributed by atoms with Gasteiger partial charge in [0.25, 0.3) is 0 Å². The summed E-state index contributed by atoms with van der Waals surface area (Å²) in [7, 11) is 0. The lowest BCUT2D eigenvalue weighted by Gasteiger charge is -2.46. The SMILES string of the molecule is c1ccc(C2(c3ccccc3)c3ccccc3N(c3cc(N(c4ccc(-c5ccncc5)cc4)c4ccc(-c5ccncc5)cc4)cc(N4c5ccccc5Sc5ccccc54)c3)c3ccccc32)cc1. The van der Waals surface area contributed by atoms with Crippen molar-refractivity contribution in [3.05, 3.63) is 296 Å². The number of pyridine rings is 2. The van der Waals surface area contributed by atoms with Crippen LogP contribution in [-0.2, 0) is 5.41 Å². The first-order valence-corrected chi connectivity index (χ1v) is 24.8. The highest BCUT2D eigenvalue weighted by molar-refractivity contribution is 7.99. The van der Waals surface area contributed by atoms with Crippen LogP contribution in [0.15, 0.2) is 283 Å². The van der Waals surface area contributed by atoms with Crippen molar-refractivity contribution in [3.8, 4) is 22.3 Å². The molecule has 336 valence electrons. The Morgan fingerprint density at radius 2 is 0.690 bits per heavy atom. The molecule has 11 aromatic rings. The van der Waals surface area contributed by atoms with Gasteiger partial charge in [-0.1, -0.05) is 157 Å². The van der Waals surface area contributed by atoms with Gasteiger partial charge in [-0.05, 0) is 148 Å². The van der Waals surface area contributed by atoms with Crippen molar-refractivity contribution < 1.29 is 0 Å². The minimum atomic E-state index is -0.603. The van der Waals surface area contributed by atoms with Gasteiger partial charge in [0.05, 0.1) is 45.2 Å². The van der Waals surface area contributed by atoms with E-state index in [4.69, 9.17) is 0 Å². The molecule has 2 aromatic heterocycles. The molecular formula is C65H45N5S. The molecule has 0 spiro atoms. The van der Waals surface area contributed by atoms with Gasteiger partial charge in [-0.25, -0.2) is 0 Å². The van der Waals surface area contributed by atoms with Crippen LogP contribution in [0.2, 0.25) is 0 Å². The molecule has 0 aliphatic carbocycles. The molecule has 0 saturated carbocycles. The van der Waals surface area contributed by atoms with E-state index in [1.165, 1.54) is 32.0 Å². The summed E-state index contributed by atoms with van der Waals surface area (Å²) >= 11 is 1.82. The molecule has 5 nitrogen and oxygen atoms in total. The molecule has 2 aliphatic rings. The van der Waals surface area contributed by atoms with Crippen LogP contribution in [0.1, 0.15) is 22.3 Å². The number of rotatable bonds is 9. The van der Waals surface area contributed by atoms with Crippen LogP contribution in [0.25, 0.3) is 22.3 Å². The second kappa shape index (κ2) is 17.8. The zero-order valence-electron chi connectivity index (χ0n) is 38.6. The molecule has 2 aliphatic heterocycles. The number of anilines is 9. The Morgan fingerprint density at radius 3 is 1.14 bits per heavy atom. The summed E-state index contributed by atoms with van der Waals surface area (Å²) in [5, 5.41) is 0. The highest BCUT2D eigenvalue weighted by Crippen LogP contribution is 2.59. The molecular weight excluding hydrogens is 883 g/mol. The molecule has 0 atom stereocenters. The second-order valence-corrected chi connectivity index (χ2v) is 18.9. The van der Waals surface area contributed by atoms with Crippen molar-refractivity contribution in [1.29, 1.82) is 0 Å². The molecule has 0 radical (unpaired) electrons. The lowest BCUT2D eigenvalue weighted by Crippen LogP contribution is -2.37. The van der Waals surface area contributed by atoms with E-state index in [1.807, 2.05) is 36.5 Å². The Hall–Kier alpha value is -8.97. The maximum atomic E-state index is 4.29. The smallest absolute Gasteiger partial charge is 0.0742 e. The number of benzene rings is 9. The Bertz CT molecular complexity index is 3460. The molecule has 13 rings (SSSR count). The lowest BCUT2D eigenvalue weighted by molar-refractivity contribution is 0.731. The van der Waals surface area contributed by atoms with E-state index < -0.39 is 5.41 Å². The molecule has 0 saturated heterocycles. The molecule has 0 bridgehead atoms. The van der Waals surface area contributed by atoms with E-state index in [-0.39, 0.29) is 0 Å². The summed E-state index contributed by atoms with van der Waals surface area (Å²) in [6, 6.07) is 90.8. The first kappa shape index (κ1) is 42.2. The topological polar surface area (TPSA) is 35.5 Å². The Labute approximate surface area is 418 Å². The molecule has 0 N–H and O–H groups in total. The molecule has 0 fully saturated rings. The van der Waals surface area contributed by atoms with E-state index >= 15 is 0 Å². The summed E-state index contributed by atoms with van der Waals surface area (Å²) in [6.07, 6.45) is 7.40. The standard InChI is InChI=1S/C65H45N5S/c1-3-15-50(16-4-1)65(51-17-5-2-6-18-51)57-19-7-9-21-59(57)69(60-22-10-8-20-58(60)65)55-43-54(44-56(45-55)70-61-23-11-13-25-63(61)71-64-26-14-12-24-62(64)70)68(52-31-27-46(28-32-52)48-35-39-66-40-36-48)53-33-29-47(30-34-53)49-37-41-67-42-38-49/h1-45H. The zero-order valence-corrected chi connectivity index (χ0v) is 39.4. The maximum Gasteiger partial charge on any atom is 0.0742 e. The van der Waals surface area contributed by atoms with Crippen LogP contribution in [0.3, 0.4) is 0 Å². The van der Waals surface area contributed by atoms with Crippen LogP contribution in [-0.4, -0.2) is 9.97 Å². The summed E-state index contributed by atoms with van der Waals surface area (Å²) in [4.78, 5) is 18.3. The van der Waals surface area contributed by atoms with Crippen LogP contribution in [0.5, 0.6) is 0 Å². The fourth-order valence-electron chi connectivity index (χ4n) is 10.8. The van der Waals surface area contributed by atoms with Crippen LogP contribution in [0, 0.1) is 0 Å². The Balaban J connectivity index is 1.08. The van der Waals surface area contributed by atoms with Gasteiger partial charge in [-0.15, -0.1) is 0 Å².